The van der Waals surface area contributed by atoms with Crippen LogP contribution in [-0.4, -0.2) is 23.2 Å². The van der Waals surface area contributed by atoms with Crippen LogP contribution < -0.4 is 5.32 Å². The molecule has 0 aliphatic heterocycles. The van der Waals surface area contributed by atoms with Crippen molar-refractivity contribution < 1.29 is 9.90 Å². The molecule has 0 atom stereocenters. The standard InChI is InChI=1S/C17H21NO2/c1-12-6-9-15(13(11-12)5-4-10-19)16(20)18-17(2,3)14-7-8-14/h6,9,11,14,19H,7-8,10H2,1-3H3,(H,18,20). The molecule has 0 heterocycles. The maximum Gasteiger partial charge on any atom is 0.252 e. The second-order valence-corrected chi connectivity index (χ2v) is 5.96. The zero-order chi connectivity index (χ0) is 14.8. The summed E-state index contributed by atoms with van der Waals surface area (Å²) in [5.74, 6) is 5.94. The molecule has 3 heteroatoms. The van der Waals surface area contributed by atoms with Crippen LogP contribution in [0.3, 0.4) is 0 Å². The van der Waals surface area contributed by atoms with Crippen molar-refractivity contribution in [1.29, 1.82) is 0 Å². The lowest BCUT2D eigenvalue weighted by molar-refractivity contribution is 0.0903. The van der Waals surface area contributed by atoms with Gasteiger partial charge in [-0.15, -0.1) is 0 Å². The smallest absolute Gasteiger partial charge is 0.252 e. The van der Waals surface area contributed by atoms with E-state index < -0.39 is 0 Å². The number of hydrogen-bond donors (Lipinski definition) is 2. The highest BCUT2D eigenvalue weighted by molar-refractivity contribution is 5.97. The average molecular weight is 271 g/mol. The molecule has 2 N–H and O–H groups in total. The number of benzene rings is 1. The van der Waals surface area contributed by atoms with Gasteiger partial charge in [-0.25, -0.2) is 0 Å². The topological polar surface area (TPSA) is 49.3 Å². The Morgan fingerprint density at radius 2 is 2.15 bits per heavy atom. The number of rotatable bonds is 3. The molecule has 3 nitrogen and oxygen atoms in total. The molecule has 0 saturated heterocycles. The number of aliphatic hydroxyl groups is 1. The molecule has 0 spiro atoms. The van der Waals surface area contributed by atoms with Crippen LogP contribution in [0.25, 0.3) is 0 Å². The van der Waals surface area contributed by atoms with Crippen molar-refractivity contribution in [3.8, 4) is 11.8 Å². The Bertz CT molecular complexity index is 574. The fourth-order valence-electron chi connectivity index (χ4n) is 2.36. The minimum Gasteiger partial charge on any atom is -0.384 e. The van der Waals surface area contributed by atoms with E-state index in [1.165, 1.54) is 12.8 Å². The maximum absolute atomic E-state index is 12.4. The number of aliphatic hydroxyl groups excluding tert-OH is 1. The molecule has 0 unspecified atom stereocenters. The van der Waals surface area contributed by atoms with E-state index in [0.29, 0.717) is 17.0 Å². The van der Waals surface area contributed by atoms with Gasteiger partial charge < -0.3 is 10.4 Å². The first-order valence-corrected chi connectivity index (χ1v) is 6.97. The first-order valence-electron chi connectivity index (χ1n) is 6.97. The van der Waals surface area contributed by atoms with Crippen molar-refractivity contribution in [2.45, 2.75) is 39.2 Å². The first-order chi connectivity index (χ1) is 9.44. The van der Waals surface area contributed by atoms with Gasteiger partial charge in [0.25, 0.3) is 5.91 Å². The second-order valence-electron chi connectivity index (χ2n) is 5.96. The molecule has 0 radical (unpaired) electrons. The van der Waals surface area contributed by atoms with Gasteiger partial charge in [0, 0.05) is 11.1 Å². The largest absolute Gasteiger partial charge is 0.384 e. The molecule has 1 aliphatic rings. The summed E-state index contributed by atoms with van der Waals surface area (Å²) in [7, 11) is 0. The van der Waals surface area contributed by atoms with Crippen LogP contribution in [0.2, 0.25) is 0 Å². The van der Waals surface area contributed by atoms with E-state index in [-0.39, 0.29) is 18.1 Å². The van der Waals surface area contributed by atoms with Gasteiger partial charge in [-0.1, -0.05) is 17.9 Å². The molecule has 1 saturated carbocycles. The molecule has 1 aliphatic carbocycles. The Morgan fingerprint density at radius 3 is 2.75 bits per heavy atom. The van der Waals surface area contributed by atoms with Gasteiger partial charge in [-0.3, -0.25) is 4.79 Å². The van der Waals surface area contributed by atoms with Crippen LogP contribution in [-0.2, 0) is 0 Å². The van der Waals surface area contributed by atoms with E-state index >= 15 is 0 Å². The lowest BCUT2D eigenvalue weighted by Gasteiger charge is -2.26. The highest BCUT2D eigenvalue weighted by atomic mass is 16.2. The predicted octanol–water partition coefficient (Wildman–Crippen LogP) is 2.26. The molecule has 0 aromatic heterocycles. The normalized spacial score (nSPS) is 14.4. The fraction of sp³-hybridized carbons (Fsp3) is 0.471. The van der Waals surface area contributed by atoms with Gasteiger partial charge in [-0.2, -0.15) is 0 Å². The highest BCUT2D eigenvalue weighted by Crippen LogP contribution is 2.39. The maximum atomic E-state index is 12.4. The molecule has 1 amide bonds. The monoisotopic (exact) mass is 271 g/mol. The van der Waals surface area contributed by atoms with Crippen LogP contribution in [0.5, 0.6) is 0 Å². The van der Waals surface area contributed by atoms with Crippen LogP contribution in [0.4, 0.5) is 0 Å². The average Bonchev–Trinajstić information content (AvgIpc) is 3.20. The summed E-state index contributed by atoms with van der Waals surface area (Å²) in [5, 5.41) is 11.9. The molecule has 106 valence electrons. The number of nitrogens with one attached hydrogen (secondary N) is 1. The summed E-state index contributed by atoms with van der Waals surface area (Å²) in [4.78, 5) is 12.4. The van der Waals surface area contributed by atoms with Crippen molar-refractivity contribution in [1.82, 2.24) is 5.32 Å². The molecule has 1 fully saturated rings. The number of carbonyl (C=O) groups is 1. The summed E-state index contributed by atoms with van der Waals surface area (Å²) >= 11 is 0. The summed E-state index contributed by atoms with van der Waals surface area (Å²) in [6.07, 6.45) is 2.36. The van der Waals surface area contributed by atoms with E-state index in [0.717, 1.165) is 5.56 Å². The number of carbonyl (C=O) groups excluding carboxylic acids is 1. The van der Waals surface area contributed by atoms with Crippen molar-refractivity contribution in [3.63, 3.8) is 0 Å². The Hall–Kier alpha value is -1.79. The van der Waals surface area contributed by atoms with Crippen LogP contribution in [0.15, 0.2) is 18.2 Å². The Labute approximate surface area is 120 Å². The van der Waals surface area contributed by atoms with Crippen molar-refractivity contribution >= 4 is 5.91 Å². The lowest BCUT2D eigenvalue weighted by atomic mass is 9.97. The minimum atomic E-state index is -0.206. The molecular weight excluding hydrogens is 250 g/mol. The summed E-state index contributed by atoms with van der Waals surface area (Å²) in [5.41, 5.74) is 2.11. The quantitative estimate of drug-likeness (QED) is 0.828. The van der Waals surface area contributed by atoms with Crippen molar-refractivity contribution in [2.24, 2.45) is 5.92 Å². The number of amides is 1. The van der Waals surface area contributed by atoms with Gasteiger partial charge in [0.15, 0.2) is 0 Å². The predicted molar refractivity (Wildman–Crippen MR) is 79.4 cm³/mol. The third-order valence-corrected chi connectivity index (χ3v) is 3.76. The van der Waals surface area contributed by atoms with E-state index in [9.17, 15) is 4.79 Å². The Balaban J connectivity index is 2.24. The Kier molecular flexibility index (Phi) is 4.15. The van der Waals surface area contributed by atoms with E-state index in [1.807, 2.05) is 19.1 Å². The van der Waals surface area contributed by atoms with Gasteiger partial charge >= 0.3 is 0 Å². The zero-order valence-electron chi connectivity index (χ0n) is 12.3. The molecular formula is C17H21NO2. The van der Waals surface area contributed by atoms with Crippen LogP contribution in [0.1, 0.15) is 48.2 Å². The number of aryl methyl sites for hydroxylation is 1. The van der Waals surface area contributed by atoms with Crippen LogP contribution in [0, 0.1) is 24.7 Å². The SMILES string of the molecule is Cc1ccc(C(=O)NC(C)(C)C2CC2)c(C#CCO)c1. The first kappa shape index (κ1) is 14.6. The minimum absolute atomic E-state index is 0.0934. The van der Waals surface area contributed by atoms with Gasteiger partial charge in [0.1, 0.15) is 6.61 Å². The van der Waals surface area contributed by atoms with Gasteiger partial charge in [0.05, 0.1) is 5.56 Å². The molecule has 1 aromatic carbocycles. The number of hydrogen-bond acceptors (Lipinski definition) is 2. The van der Waals surface area contributed by atoms with Crippen molar-refractivity contribution in [2.75, 3.05) is 6.61 Å². The van der Waals surface area contributed by atoms with Gasteiger partial charge in [0.2, 0.25) is 0 Å². The third kappa shape index (κ3) is 3.40. The Morgan fingerprint density at radius 1 is 1.45 bits per heavy atom. The van der Waals surface area contributed by atoms with E-state index in [2.05, 4.69) is 31.0 Å². The lowest BCUT2D eigenvalue weighted by Crippen LogP contribution is -2.45. The second kappa shape index (κ2) is 5.68. The fourth-order valence-corrected chi connectivity index (χ4v) is 2.36. The van der Waals surface area contributed by atoms with Gasteiger partial charge in [-0.05, 0) is 57.2 Å². The molecule has 0 bridgehead atoms. The van der Waals surface area contributed by atoms with Crippen LogP contribution >= 0.6 is 0 Å². The van der Waals surface area contributed by atoms with E-state index in [1.54, 1.807) is 6.07 Å². The molecule has 1 aromatic rings. The zero-order valence-corrected chi connectivity index (χ0v) is 12.3. The van der Waals surface area contributed by atoms with Crippen molar-refractivity contribution in [3.05, 3.63) is 34.9 Å². The summed E-state index contributed by atoms with van der Waals surface area (Å²) in [6.45, 7) is 5.88. The molecule has 2 rings (SSSR count). The summed E-state index contributed by atoms with van der Waals surface area (Å²) in [6, 6.07) is 5.58. The van der Waals surface area contributed by atoms with E-state index in [4.69, 9.17) is 5.11 Å². The highest BCUT2D eigenvalue weighted by Gasteiger charge is 2.39. The third-order valence-electron chi connectivity index (χ3n) is 3.76. The summed E-state index contributed by atoms with van der Waals surface area (Å²) < 4.78 is 0. The molecule has 20 heavy (non-hydrogen) atoms.